The van der Waals surface area contributed by atoms with E-state index in [1.54, 1.807) is 16.7 Å². The fourth-order valence-corrected chi connectivity index (χ4v) is 2.60. The van der Waals surface area contributed by atoms with Crippen LogP contribution in [0.4, 0.5) is 11.4 Å². The highest BCUT2D eigenvalue weighted by Crippen LogP contribution is 2.36. The summed E-state index contributed by atoms with van der Waals surface area (Å²) in [7, 11) is 0. The maximum absolute atomic E-state index is 11.5. The van der Waals surface area contributed by atoms with Gasteiger partial charge in [-0.25, -0.2) is 0 Å². The first-order chi connectivity index (χ1) is 6.72. The summed E-state index contributed by atoms with van der Waals surface area (Å²) in [6.07, 6.45) is 0. The van der Waals surface area contributed by atoms with Gasteiger partial charge in [0.15, 0.2) is 0 Å². The number of anilines is 2. The van der Waals surface area contributed by atoms with Gasteiger partial charge in [0.1, 0.15) is 0 Å². The second kappa shape index (κ2) is 3.74. The molecule has 0 fully saturated rings. The Morgan fingerprint density at radius 3 is 3.07 bits per heavy atom. The molecule has 1 aromatic rings. The number of nitrogens with zero attached hydrogens (tertiary/aromatic N) is 1. The molecular formula is C9H10N2OS2. The highest BCUT2D eigenvalue weighted by atomic mass is 32.2. The summed E-state index contributed by atoms with van der Waals surface area (Å²) in [4.78, 5) is 14.2. The minimum absolute atomic E-state index is 0.0862. The van der Waals surface area contributed by atoms with Crippen LogP contribution in [0.1, 0.15) is 0 Å². The maximum Gasteiger partial charge on any atom is 0.238 e. The van der Waals surface area contributed by atoms with E-state index in [0.29, 0.717) is 17.3 Å². The molecule has 1 aliphatic rings. The predicted octanol–water partition coefficient (Wildman–Crippen LogP) is 1.59. The van der Waals surface area contributed by atoms with E-state index in [0.717, 1.165) is 10.6 Å². The molecule has 3 nitrogen and oxygen atoms in total. The van der Waals surface area contributed by atoms with Gasteiger partial charge >= 0.3 is 0 Å². The zero-order valence-corrected chi connectivity index (χ0v) is 9.15. The second-order valence-corrected chi connectivity index (χ2v) is 4.28. The fraction of sp³-hybridized carbons (Fsp3) is 0.222. The molecule has 0 aromatic heterocycles. The van der Waals surface area contributed by atoms with Crippen LogP contribution >= 0.6 is 24.4 Å². The van der Waals surface area contributed by atoms with Crippen molar-refractivity contribution in [3.63, 3.8) is 0 Å². The van der Waals surface area contributed by atoms with Crippen molar-refractivity contribution in [2.45, 2.75) is 4.90 Å². The molecule has 1 aliphatic heterocycles. The van der Waals surface area contributed by atoms with Gasteiger partial charge in [-0.3, -0.25) is 4.79 Å². The Morgan fingerprint density at radius 1 is 1.57 bits per heavy atom. The van der Waals surface area contributed by atoms with Gasteiger partial charge in [0.2, 0.25) is 5.91 Å². The average molecular weight is 226 g/mol. The van der Waals surface area contributed by atoms with E-state index in [4.69, 9.17) is 5.73 Å². The molecule has 0 aliphatic carbocycles. The number of nitrogens with two attached hydrogens (primary N) is 1. The van der Waals surface area contributed by atoms with Crippen molar-refractivity contribution >= 4 is 41.7 Å². The van der Waals surface area contributed by atoms with Gasteiger partial charge in [-0.2, -0.15) is 12.6 Å². The summed E-state index contributed by atoms with van der Waals surface area (Å²) in [5.41, 5.74) is 7.22. The van der Waals surface area contributed by atoms with Crippen LogP contribution in [0.25, 0.3) is 0 Å². The van der Waals surface area contributed by atoms with Gasteiger partial charge in [-0.1, -0.05) is 0 Å². The number of carbonyl (C=O) groups is 1. The van der Waals surface area contributed by atoms with Crippen LogP contribution in [0, 0.1) is 0 Å². The largest absolute Gasteiger partial charge is 0.399 e. The molecule has 0 saturated heterocycles. The number of fused-ring (bicyclic) bond motifs is 1. The lowest BCUT2D eigenvalue weighted by molar-refractivity contribution is -0.116. The number of thioether (sulfide) groups is 1. The number of hydrogen-bond acceptors (Lipinski definition) is 4. The van der Waals surface area contributed by atoms with Gasteiger partial charge < -0.3 is 10.6 Å². The van der Waals surface area contributed by atoms with Gasteiger partial charge in [-0.15, -0.1) is 11.8 Å². The van der Waals surface area contributed by atoms with E-state index in [1.165, 1.54) is 0 Å². The smallest absolute Gasteiger partial charge is 0.238 e. The van der Waals surface area contributed by atoms with Gasteiger partial charge in [0, 0.05) is 10.6 Å². The third-order valence-corrected chi connectivity index (χ3v) is 3.40. The van der Waals surface area contributed by atoms with Crippen LogP contribution in [0.5, 0.6) is 0 Å². The van der Waals surface area contributed by atoms with E-state index < -0.39 is 0 Å². The number of benzene rings is 1. The highest BCUT2D eigenvalue weighted by molar-refractivity contribution is 8.00. The molecule has 1 aromatic carbocycles. The average Bonchev–Trinajstić information content (AvgIpc) is 2.17. The zero-order valence-electron chi connectivity index (χ0n) is 7.43. The standard InChI is InChI=1S/C9H10N2OS2/c10-6-1-2-8-7(3-6)11(5-13)9(12)4-14-8/h1-3,13H,4-5,10H2. The van der Waals surface area contributed by atoms with Gasteiger partial charge in [-0.05, 0) is 18.2 Å². The highest BCUT2D eigenvalue weighted by Gasteiger charge is 2.23. The Labute approximate surface area is 92.1 Å². The number of hydrogen-bond donors (Lipinski definition) is 2. The summed E-state index contributed by atoms with van der Waals surface area (Å²) in [6, 6.07) is 5.60. The Balaban J connectivity index is 2.49. The summed E-state index contributed by atoms with van der Waals surface area (Å²) in [5.74, 6) is 0.968. The van der Waals surface area contributed by atoms with Crippen LogP contribution in [0.15, 0.2) is 23.1 Å². The van der Waals surface area contributed by atoms with Crippen molar-refractivity contribution in [3.8, 4) is 0 Å². The van der Waals surface area contributed by atoms with Crippen LogP contribution < -0.4 is 10.6 Å². The van der Waals surface area contributed by atoms with Crippen LogP contribution in [-0.4, -0.2) is 17.5 Å². The van der Waals surface area contributed by atoms with Crippen LogP contribution in [0.2, 0.25) is 0 Å². The molecular weight excluding hydrogens is 216 g/mol. The molecule has 0 radical (unpaired) electrons. The molecule has 0 saturated carbocycles. The van der Waals surface area contributed by atoms with Gasteiger partial charge in [0.05, 0.1) is 17.3 Å². The van der Waals surface area contributed by atoms with E-state index >= 15 is 0 Å². The molecule has 1 amide bonds. The monoisotopic (exact) mass is 226 g/mol. The summed E-state index contributed by atoms with van der Waals surface area (Å²) >= 11 is 5.68. The number of nitrogen functional groups attached to an aromatic ring is 1. The third kappa shape index (κ3) is 1.57. The quantitative estimate of drug-likeness (QED) is 0.565. The Morgan fingerprint density at radius 2 is 2.36 bits per heavy atom. The van der Waals surface area contributed by atoms with Gasteiger partial charge in [0.25, 0.3) is 0 Å². The third-order valence-electron chi connectivity index (χ3n) is 2.07. The summed E-state index contributed by atoms with van der Waals surface area (Å²) in [6.45, 7) is 0. The van der Waals surface area contributed by atoms with Crippen molar-refractivity contribution < 1.29 is 4.79 Å². The minimum atomic E-state index is 0.0862. The molecule has 0 bridgehead atoms. The molecule has 0 atom stereocenters. The van der Waals surface area contributed by atoms with Crippen LogP contribution in [0.3, 0.4) is 0 Å². The molecule has 74 valence electrons. The summed E-state index contributed by atoms with van der Waals surface area (Å²) in [5, 5.41) is 0. The molecule has 2 rings (SSSR count). The lowest BCUT2D eigenvalue weighted by Crippen LogP contribution is -2.34. The number of carbonyl (C=O) groups excluding carboxylic acids is 1. The lowest BCUT2D eigenvalue weighted by Gasteiger charge is -2.27. The second-order valence-electron chi connectivity index (χ2n) is 2.98. The molecule has 1 heterocycles. The van der Waals surface area contributed by atoms with E-state index in [-0.39, 0.29) is 5.91 Å². The summed E-state index contributed by atoms with van der Waals surface area (Å²) < 4.78 is 0. The molecule has 14 heavy (non-hydrogen) atoms. The van der Waals surface area contributed by atoms with E-state index in [9.17, 15) is 4.79 Å². The van der Waals surface area contributed by atoms with Crippen LogP contribution in [-0.2, 0) is 4.79 Å². The maximum atomic E-state index is 11.5. The van der Waals surface area contributed by atoms with Crippen molar-refractivity contribution in [3.05, 3.63) is 18.2 Å². The molecule has 0 spiro atoms. The molecule has 5 heteroatoms. The van der Waals surface area contributed by atoms with E-state index in [1.807, 2.05) is 18.2 Å². The fourth-order valence-electron chi connectivity index (χ4n) is 1.37. The van der Waals surface area contributed by atoms with Crippen molar-refractivity contribution in [2.24, 2.45) is 0 Å². The predicted molar refractivity (Wildman–Crippen MR) is 62.9 cm³/mol. The SMILES string of the molecule is Nc1ccc2c(c1)N(CS)C(=O)CS2. The Bertz CT molecular complexity index is 381. The zero-order chi connectivity index (χ0) is 10.1. The first-order valence-corrected chi connectivity index (χ1v) is 5.77. The molecule has 0 unspecified atom stereocenters. The number of rotatable bonds is 1. The lowest BCUT2D eigenvalue weighted by atomic mass is 10.2. The first-order valence-electron chi connectivity index (χ1n) is 4.16. The first kappa shape index (κ1) is 9.73. The minimum Gasteiger partial charge on any atom is -0.399 e. The van der Waals surface area contributed by atoms with E-state index in [2.05, 4.69) is 12.6 Å². The van der Waals surface area contributed by atoms with Crippen molar-refractivity contribution in [1.29, 1.82) is 0 Å². The Kier molecular flexibility index (Phi) is 2.60. The number of thiol groups is 1. The molecule has 2 N–H and O–H groups in total. The van der Waals surface area contributed by atoms with Crippen molar-refractivity contribution in [1.82, 2.24) is 0 Å². The normalized spacial score (nSPS) is 15.5. The topological polar surface area (TPSA) is 46.3 Å². The number of amides is 1. The van der Waals surface area contributed by atoms with Crippen molar-refractivity contribution in [2.75, 3.05) is 22.3 Å². The Hall–Kier alpha value is -0.810.